The molecule has 0 spiro atoms. The molecule has 1 heterocycles. The number of amides is 2. The van der Waals surface area contributed by atoms with Crippen molar-refractivity contribution < 1.29 is 14.3 Å². The van der Waals surface area contributed by atoms with E-state index in [1.54, 1.807) is 0 Å². The molecular weight excluding hydrogens is 366 g/mol. The van der Waals surface area contributed by atoms with Gasteiger partial charge in [-0.2, -0.15) is 0 Å². The summed E-state index contributed by atoms with van der Waals surface area (Å²) in [6.45, 7) is 13.3. The molecule has 1 saturated carbocycles. The van der Waals surface area contributed by atoms with Gasteiger partial charge in [0.2, 0.25) is 5.91 Å². The zero-order chi connectivity index (χ0) is 21.7. The molecule has 2 N–H and O–H groups in total. The largest absolute Gasteiger partial charge is 0.444 e. The normalized spacial score (nSPS) is 23.1. The summed E-state index contributed by atoms with van der Waals surface area (Å²) in [6.07, 6.45) is 2.21. The minimum absolute atomic E-state index is 0.125. The van der Waals surface area contributed by atoms with Crippen LogP contribution >= 0.6 is 0 Å². The van der Waals surface area contributed by atoms with Crippen LogP contribution in [0.1, 0.15) is 71.9 Å². The van der Waals surface area contributed by atoms with Crippen LogP contribution in [0, 0.1) is 0 Å². The monoisotopic (exact) mass is 403 g/mol. The summed E-state index contributed by atoms with van der Waals surface area (Å²) in [5.41, 5.74) is 1.67. The smallest absolute Gasteiger partial charge is 0.408 e. The van der Waals surface area contributed by atoms with E-state index < -0.39 is 5.60 Å². The van der Waals surface area contributed by atoms with Crippen LogP contribution in [0.25, 0.3) is 0 Å². The molecule has 0 bridgehead atoms. The lowest BCUT2D eigenvalue weighted by Gasteiger charge is -2.28. The van der Waals surface area contributed by atoms with Crippen molar-refractivity contribution in [1.29, 1.82) is 0 Å². The Morgan fingerprint density at radius 1 is 1.17 bits per heavy atom. The summed E-state index contributed by atoms with van der Waals surface area (Å²) >= 11 is 0. The van der Waals surface area contributed by atoms with E-state index in [9.17, 15) is 9.59 Å². The molecule has 1 aliphatic carbocycles. The molecule has 2 unspecified atom stereocenters. The Morgan fingerprint density at radius 3 is 2.31 bits per heavy atom. The van der Waals surface area contributed by atoms with Crippen LogP contribution in [-0.4, -0.2) is 40.6 Å². The first kappa shape index (κ1) is 23.2. The molecule has 2 aliphatic rings. The van der Waals surface area contributed by atoms with Crippen LogP contribution in [0.3, 0.4) is 0 Å². The highest BCUT2D eigenvalue weighted by molar-refractivity contribution is 5.79. The van der Waals surface area contributed by atoms with Gasteiger partial charge in [0.1, 0.15) is 5.60 Å². The minimum atomic E-state index is -0.504. The maximum Gasteiger partial charge on any atom is 0.408 e. The number of ether oxygens (including phenoxy) is 1. The van der Waals surface area contributed by atoms with Gasteiger partial charge in [-0.3, -0.25) is 4.79 Å². The Bertz CT molecular complexity index is 689. The zero-order valence-electron chi connectivity index (χ0n) is 18.8. The van der Waals surface area contributed by atoms with Crippen molar-refractivity contribution in [3.63, 3.8) is 0 Å². The number of carbonyl (C=O) groups is 2. The second kappa shape index (κ2) is 9.61. The SMILES string of the molecule is CC.CC1(NC(=O)OC(C)(C)C)CCC(NCC(=O)N2Cc3ccccc3C2)C1. The van der Waals surface area contributed by atoms with Crippen molar-refractivity contribution in [3.8, 4) is 0 Å². The maximum absolute atomic E-state index is 12.5. The molecule has 1 fully saturated rings. The van der Waals surface area contributed by atoms with Gasteiger partial charge in [-0.15, -0.1) is 0 Å². The van der Waals surface area contributed by atoms with Crippen LogP contribution in [0.4, 0.5) is 4.79 Å². The standard InChI is InChI=1S/C21H31N3O3.C2H6/c1-20(2,3)27-19(26)23-21(4)10-9-17(11-21)22-12-18(25)24-13-15-7-5-6-8-16(15)14-24;1-2/h5-8,17,22H,9-14H2,1-4H3,(H,23,26);1-2H3. The molecule has 0 radical (unpaired) electrons. The van der Waals surface area contributed by atoms with Gasteiger partial charge < -0.3 is 20.3 Å². The number of hydrogen-bond donors (Lipinski definition) is 2. The van der Waals surface area contributed by atoms with Crippen LogP contribution in [0.15, 0.2) is 24.3 Å². The van der Waals surface area contributed by atoms with E-state index >= 15 is 0 Å². The lowest BCUT2D eigenvalue weighted by atomic mass is 10.0. The summed E-state index contributed by atoms with van der Waals surface area (Å²) < 4.78 is 5.37. The van der Waals surface area contributed by atoms with Gasteiger partial charge in [-0.1, -0.05) is 38.1 Å². The number of nitrogens with one attached hydrogen (secondary N) is 2. The first-order valence-corrected chi connectivity index (χ1v) is 10.7. The van der Waals surface area contributed by atoms with Gasteiger partial charge in [-0.25, -0.2) is 4.79 Å². The summed E-state index contributed by atoms with van der Waals surface area (Å²) in [4.78, 5) is 26.5. The Morgan fingerprint density at radius 2 is 1.76 bits per heavy atom. The molecule has 0 saturated heterocycles. The highest BCUT2D eigenvalue weighted by Crippen LogP contribution is 2.30. The molecule has 1 aliphatic heterocycles. The van der Waals surface area contributed by atoms with Crippen LogP contribution in [0.2, 0.25) is 0 Å². The van der Waals surface area contributed by atoms with E-state index in [2.05, 4.69) is 22.8 Å². The first-order chi connectivity index (χ1) is 13.6. The van der Waals surface area contributed by atoms with Crippen LogP contribution in [0.5, 0.6) is 0 Å². The third kappa shape index (κ3) is 6.74. The highest BCUT2D eigenvalue weighted by atomic mass is 16.6. The predicted molar refractivity (Wildman–Crippen MR) is 115 cm³/mol. The molecule has 1 aromatic rings. The van der Waals surface area contributed by atoms with Gasteiger partial charge in [0, 0.05) is 24.7 Å². The Kier molecular flexibility index (Phi) is 7.69. The predicted octanol–water partition coefficient (Wildman–Crippen LogP) is 3.98. The molecule has 3 rings (SSSR count). The molecule has 6 heteroatoms. The van der Waals surface area contributed by atoms with E-state index in [-0.39, 0.29) is 23.6 Å². The maximum atomic E-state index is 12.5. The third-order valence-electron chi connectivity index (χ3n) is 5.28. The minimum Gasteiger partial charge on any atom is -0.444 e. The van der Waals surface area contributed by atoms with Crippen molar-refractivity contribution in [3.05, 3.63) is 35.4 Å². The second-order valence-electron chi connectivity index (χ2n) is 9.03. The van der Waals surface area contributed by atoms with Crippen LogP contribution in [-0.2, 0) is 22.6 Å². The Hall–Kier alpha value is -2.08. The average molecular weight is 404 g/mol. The molecule has 1 aromatic carbocycles. The molecule has 29 heavy (non-hydrogen) atoms. The zero-order valence-corrected chi connectivity index (χ0v) is 18.8. The number of hydrogen-bond acceptors (Lipinski definition) is 4. The number of fused-ring (bicyclic) bond motifs is 1. The van der Waals surface area contributed by atoms with Gasteiger partial charge in [-0.05, 0) is 58.1 Å². The number of alkyl carbamates (subject to hydrolysis) is 1. The van der Waals surface area contributed by atoms with Gasteiger partial charge in [0.25, 0.3) is 0 Å². The summed E-state index contributed by atoms with van der Waals surface area (Å²) in [6, 6.07) is 8.42. The van der Waals surface area contributed by atoms with Crippen LogP contribution < -0.4 is 10.6 Å². The summed E-state index contributed by atoms with van der Waals surface area (Å²) in [7, 11) is 0. The molecule has 2 amide bonds. The quantitative estimate of drug-likeness (QED) is 0.798. The van der Waals surface area contributed by atoms with E-state index in [0.29, 0.717) is 19.6 Å². The topological polar surface area (TPSA) is 70.7 Å². The van der Waals surface area contributed by atoms with Crippen molar-refractivity contribution in [2.24, 2.45) is 0 Å². The van der Waals surface area contributed by atoms with Gasteiger partial charge in [0.15, 0.2) is 0 Å². The number of benzene rings is 1. The molecular formula is C23H37N3O3. The summed E-state index contributed by atoms with van der Waals surface area (Å²) in [5.74, 6) is 0.125. The van der Waals surface area contributed by atoms with Crippen molar-refractivity contribution in [2.45, 2.75) is 91.1 Å². The van der Waals surface area contributed by atoms with Gasteiger partial charge >= 0.3 is 6.09 Å². The van der Waals surface area contributed by atoms with E-state index in [4.69, 9.17) is 4.74 Å². The third-order valence-corrected chi connectivity index (χ3v) is 5.28. The van der Waals surface area contributed by atoms with Crippen molar-refractivity contribution in [1.82, 2.24) is 15.5 Å². The fourth-order valence-corrected chi connectivity index (χ4v) is 3.93. The average Bonchev–Trinajstić information content (AvgIpc) is 3.23. The van der Waals surface area contributed by atoms with Crippen molar-refractivity contribution >= 4 is 12.0 Å². The number of rotatable bonds is 4. The van der Waals surface area contributed by atoms with E-state index in [1.165, 1.54) is 11.1 Å². The van der Waals surface area contributed by atoms with Gasteiger partial charge in [0.05, 0.1) is 6.54 Å². The number of carbonyl (C=O) groups excluding carboxylic acids is 2. The van der Waals surface area contributed by atoms with Crippen molar-refractivity contribution in [2.75, 3.05) is 6.54 Å². The highest BCUT2D eigenvalue weighted by Gasteiger charge is 2.37. The lowest BCUT2D eigenvalue weighted by molar-refractivity contribution is -0.131. The molecule has 6 nitrogen and oxygen atoms in total. The second-order valence-corrected chi connectivity index (χ2v) is 9.03. The fraction of sp³-hybridized carbons (Fsp3) is 0.652. The Labute approximate surface area is 175 Å². The molecule has 162 valence electrons. The Balaban J connectivity index is 0.00000145. The number of nitrogens with zero attached hydrogens (tertiary/aromatic N) is 1. The van der Waals surface area contributed by atoms with E-state index in [0.717, 1.165) is 19.3 Å². The first-order valence-electron chi connectivity index (χ1n) is 10.7. The summed E-state index contributed by atoms with van der Waals surface area (Å²) in [5, 5.41) is 6.38. The molecule has 0 aromatic heterocycles. The van der Waals surface area contributed by atoms with E-state index in [1.807, 2.05) is 58.6 Å². The lowest BCUT2D eigenvalue weighted by Crippen LogP contribution is -2.47. The molecule has 2 atom stereocenters. The fourth-order valence-electron chi connectivity index (χ4n) is 3.93.